The van der Waals surface area contributed by atoms with Gasteiger partial charge in [-0.15, -0.1) is 0 Å². The Morgan fingerprint density at radius 2 is 1.80 bits per heavy atom. The molecule has 0 aliphatic heterocycles. The van der Waals surface area contributed by atoms with Gasteiger partial charge in [-0.2, -0.15) is 5.10 Å². The van der Waals surface area contributed by atoms with Crippen molar-refractivity contribution in [1.82, 2.24) is 15.1 Å². The monoisotopic (exact) mass is 337 g/mol. The summed E-state index contributed by atoms with van der Waals surface area (Å²) in [6.45, 7) is 0. The molecule has 4 aliphatic rings. The second-order valence-corrected chi connectivity index (χ2v) is 8.13. The summed E-state index contributed by atoms with van der Waals surface area (Å²) in [5.41, 5.74) is 1.34. The normalized spacial score (nSPS) is 40.2. The highest BCUT2D eigenvalue weighted by atomic mass is 79.9. The van der Waals surface area contributed by atoms with Gasteiger partial charge in [-0.1, -0.05) is 0 Å². The molecule has 0 spiro atoms. The average molecular weight is 338 g/mol. The minimum absolute atomic E-state index is 0.451. The minimum Gasteiger partial charge on any atom is -0.311 e. The fraction of sp³-hybridized carbons (Fsp3) is 0.812. The van der Waals surface area contributed by atoms with Crippen molar-refractivity contribution in [2.45, 2.75) is 38.1 Å². The van der Waals surface area contributed by atoms with Crippen LogP contribution < -0.4 is 5.32 Å². The molecule has 0 saturated heterocycles. The van der Waals surface area contributed by atoms with Gasteiger partial charge in [0.15, 0.2) is 0 Å². The van der Waals surface area contributed by atoms with Gasteiger partial charge >= 0.3 is 0 Å². The average Bonchev–Trinajstić information content (AvgIpc) is 2.73. The SMILES string of the molecule is CNC(c1c(Br)cnn1C)C1C2CC3CC(C2)CC1C3. The van der Waals surface area contributed by atoms with E-state index in [1.165, 1.54) is 37.8 Å². The van der Waals surface area contributed by atoms with Gasteiger partial charge in [0.25, 0.3) is 0 Å². The van der Waals surface area contributed by atoms with Crippen molar-refractivity contribution in [1.29, 1.82) is 0 Å². The Labute approximate surface area is 129 Å². The molecule has 4 heteroatoms. The number of rotatable bonds is 3. The Balaban J connectivity index is 1.68. The Hall–Kier alpha value is -0.350. The molecule has 110 valence electrons. The lowest BCUT2D eigenvalue weighted by atomic mass is 9.50. The third-order valence-electron chi connectivity index (χ3n) is 6.23. The summed E-state index contributed by atoms with van der Waals surface area (Å²) in [4.78, 5) is 0. The summed E-state index contributed by atoms with van der Waals surface area (Å²) >= 11 is 3.70. The van der Waals surface area contributed by atoms with Gasteiger partial charge in [0.1, 0.15) is 0 Å². The van der Waals surface area contributed by atoms with E-state index < -0.39 is 0 Å². The first-order chi connectivity index (χ1) is 9.67. The van der Waals surface area contributed by atoms with Crippen LogP contribution in [0.1, 0.15) is 43.8 Å². The predicted octanol–water partition coefficient (Wildman–Crippen LogP) is 3.52. The Morgan fingerprint density at radius 1 is 1.20 bits per heavy atom. The van der Waals surface area contributed by atoms with Crippen LogP contribution in [0.4, 0.5) is 0 Å². The summed E-state index contributed by atoms with van der Waals surface area (Å²) < 4.78 is 3.21. The van der Waals surface area contributed by atoms with Crippen molar-refractivity contribution in [3.05, 3.63) is 16.4 Å². The van der Waals surface area contributed by atoms with Gasteiger partial charge in [0.05, 0.1) is 22.4 Å². The van der Waals surface area contributed by atoms with Gasteiger partial charge in [-0.3, -0.25) is 4.68 Å². The first-order valence-electron chi connectivity index (χ1n) is 8.02. The number of halogens is 1. The van der Waals surface area contributed by atoms with Crippen LogP contribution in [0.5, 0.6) is 0 Å². The highest BCUT2D eigenvalue weighted by Gasteiger charge is 2.51. The fourth-order valence-corrected chi connectivity index (χ4v) is 6.39. The Morgan fingerprint density at radius 3 is 2.25 bits per heavy atom. The molecule has 3 nitrogen and oxygen atoms in total. The molecule has 1 N–H and O–H groups in total. The summed E-state index contributed by atoms with van der Waals surface area (Å²) in [5, 5.41) is 8.05. The van der Waals surface area contributed by atoms with Crippen LogP contribution >= 0.6 is 15.9 Å². The van der Waals surface area contributed by atoms with Gasteiger partial charge in [0, 0.05) is 7.05 Å². The number of aromatic nitrogens is 2. The molecule has 1 unspecified atom stereocenters. The number of nitrogens with one attached hydrogen (secondary N) is 1. The maximum Gasteiger partial charge on any atom is 0.0695 e. The van der Waals surface area contributed by atoms with Gasteiger partial charge in [0.2, 0.25) is 0 Å². The second kappa shape index (κ2) is 4.84. The highest BCUT2D eigenvalue weighted by molar-refractivity contribution is 9.10. The Bertz CT molecular complexity index is 462. The summed E-state index contributed by atoms with van der Waals surface area (Å²) in [6.07, 6.45) is 9.38. The molecule has 4 fully saturated rings. The molecule has 0 aromatic carbocycles. The molecule has 4 bridgehead atoms. The van der Waals surface area contributed by atoms with Crippen LogP contribution in [-0.2, 0) is 7.05 Å². The quantitative estimate of drug-likeness (QED) is 0.914. The lowest BCUT2D eigenvalue weighted by Gasteiger charge is -2.56. The van der Waals surface area contributed by atoms with Crippen LogP contribution in [0.2, 0.25) is 0 Å². The summed E-state index contributed by atoms with van der Waals surface area (Å²) in [5.74, 6) is 4.76. The van der Waals surface area contributed by atoms with E-state index in [1.807, 2.05) is 6.20 Å². The fourth-order valence-electron chi connectivity index (χ4n) is 5.79. The second-order valence-electron chi connectivity index (χ2n) is 7.28. The molecule has 4 saturated carbocycles. The van der Waals surface area contributed by atoms with E-state index >= 15 is 0 Å². The number of hydrogen-bond acceptors (Lipinski definition) is 2. The van der Waals surface area contributed by atoms with Crippen molar-refractivity contribution >= 4 is 15.9 Å². The van der Waals surface area contributed by atoms with E-state index in [0.717, 1.165) is 34.1 Å². The van der Waals surface area contributed by atoms with Crippen LogP contribution in [0.3, 0.4) is 0 Å². The van der Waals surface area contributed by atoms with Crippen molar-refractivity contribution in [2.75, 3.05) is 7.05 Å². The highest BCUT2D eigenvalue weighted by Crippen LogP contribution is 2.59. The molecular formula is C16H24BrN3. The lowest BCUT2D eigenvalue weighted by Crippen LogP contribution is -2.49. The molecule has 5 rings (SSSR count). The van der Waals surface area contributed by atoms with Crippen LogP contribution in [0.15, 0.2) is 10.7 Å². The lowest BCUT2D eigenvalue weighted by molar-refractivity contribution is -0.0526. The number of hydrogen-bond donors (Lipinski definition) is 1. The molecule has 0 amide bonds. The zero-order valence-corrected chi connectivity index (χ0v) is 13.9. The molecule has 0 radical (unpaired) electrons. The maximum absolute atomic E-state index is 4.43. The van der Waals surface area contributed by atoms with E-state index in [1.54, 1.807) is 0 Å². The summed E-state index contributed by atoms with van der Waals surface area (Å²) in [6, 6.07) is 0.451. The van der Waals surface area contributed by atoms with E-state index in [-0.39, 0.29) is 0 Å². The molecule has 1 atom stereocenters. The minimum atomic E-state index is 0.451. The maximum atomic E-state index is 4.43. The van der Waals surface area contributed by atoms with Crippen LogP contribution in [0.25, 0.3) is 0 Å². The van der Waals surface area contributed by atoms with Gasteiger partial charge < -0.3 is 5.32 Å². The first kappa shape index (κ1) is 13.3. The topological polar surface area (TPSA) is 29.9 Å². The van der Waals surface area contributed by atoms with Crippen molar-refractivity contribution < 1.29 is 0 Å². The van der Waals surface area contributed by atoms with E-state index in [2.05, 4.69) is 45.1 Å². The van der Waals surface area contributed by atoms with E-state index in [0.29, 0.717) is 6.04 Å². The smallest absolute Gasteiger partial charge is 0.0695 e. The first-order valence-corrected chi connectivity index (χ1v) is 8.81. The molecule has 4 aliphatic carbocycles. The summed E-state index contributed by atoms with van der Waals surface area (Å²) in [7, 11) is 4.19. The molecule has 1 heterocycles. The third kappa shape index (κ3) is 1.91. The van der Waals surface area contributed by atoms with Gasteiger partial charge in [-0.05, 0) is 84.7 Å². The standard InChI is InChI=1S/C16H24BrN3/c1-18-15(16-13(17)8-19-20(16)2)14-11-4-9-3-10(6-11)7-12(14)5-9/h8-12,14-15,18H,3-7H2,1-2H3. The molecule has 1 aromatic heterocycles. The van der Waals surface area contributed by atoms with E-state index in [4.69, 9.17) is 0 Å². The largest absolute Gasteiger partial charge is 0.311 e. The van der Waals surface area contributed by atoms with Crippen LogP contribution in [-0.4, -0.2) is 16.8 Å². The molecule has 20 heavy (non-hydrogen) atoms. The Kier molecular flexibility index (Phi) is 3.22. The number of aryl methyl sites for hydroxylation is 1. The molecular weight excluding hydrogens is 314 g/mol. The zero-order chi connectivity index (χ0) is 13.9. The zero-order valence-electron chi connectivity index (χ0n) is 12.3. The molecule has 1 aromatic rings. The number of nitrogens with zero attached hydrogens (tertiary/aromatic N) is 2. The van der Waals surface area contributed by atoms with E-state index in [9.17, 15) is 0 Å². The van der Waals surface area contributed by atoms with Gasteiger partial charge in [-0.25, -0.2) is 0 Å². The predicted molar refractivity (Wildman–Crippen MR) is 83.2 cm³/mol. The van der Waals surface area contributed by atoms with Crippen molar-refractivity contribution in [3.63, 3.8) is 0 Å². The third-order valence-corrected chi connectivity index (χ3v) is 6.84. The van der Waals surface area contributed by atoms with Crippen molar-refractivity contribution in [2.24, 2.45) is 36.6 Å². The van der Waals surface area contributed by atoms with Crippen molar-refractivity contribution in [3.8, 4) is 0 Å². The van der Waals surface area contributed by atoms with Crippen LogP contribution in [0, 0.1) is 29.6 Å².